The number of nitrogens with two attached hydrogens (primary N) is 1. The van der Waals surface area contributed by atoms with Crippen molar-refractivity contribution in [3.63, 3.8) is 0 Å². The van der Waals surface area contributed by atoms with Gasteiger partial charge in [-0.3, -0.25) is 0 Å². The number of hydrogen-bond acceptors (Lipinski definition) is 4. The lowest BCUT2D eigenvalue weighted by molar-refractivity contribution is 0.179. The van der Waals surface area contributed by atoms with Crippen molar-refractivity contribution in [2.24, 2.45) is 10.7 Å². The molecule has 1 aromatic carbocycles. The van der Waals surface area contributed by atoms with E-state index in [1.807, 2.05) is 31.2 Å². The number of rotatable bonds is 11. The van der Waals surface area contributed by atoms with Crippen molar-refractivity contribution in [3.05, 3.63) is 29.8 Å². The van der Waals surface area contributed by atoms with Crippen LogP contribution in [-0.2, 0) is 11.3 Å². The van der Waals surface area contributed by atoms with Crippen LogP contribution in [-0.4, -0.2) is 56.9 Å². The topological polar surface area (TPSA) is 72.1 Å². The number of ether oxygens (including phenoxy) is 2. The molecule has 0 aromatic heterocycles. The highest BCUT2D eigenvalue weighted by Gasteiger charge is 2.02. The molecule has 0 bridgehead atoms. The lowest BCUT2D eigenvalue weighted by Crippen LogP contribution is -2.40. The van der Waals surface area contributed by atoms with E-state index in [2.05, 4.69) is 29.1 Å². The minimum atomic E-state index is 0. The van der Waals surface area contributed by atoms with Crippen molar-refractivity contribution < 1.29 is 9.47 Å². The van der Waals surface area contributed by atoms with Gasteiger partial charge in [0.05, 0.1) is 13.2 Å². The third-order valence-corrected chi connectivity index (χ3v) is 3.74. The molecule has 0 amide bonds. The Morgan fingerprint density at radius 1 is 1.24 bits per heavy atom. The molecule has 0 aliphatic carbocycles. The fourth-order valence-electron chi connectivity index (χ4n) is 2.29. The van der Waals surface area contributed by atoms with Crippen molar-refractivity contribution in [2.75, 3.05) is 40.0 Å². The molecule has 1 aromatic rings. The van der Waals surface area contributed by atoms with E-state index in [0.717, 1.165) is 30.9 Å². The lowest BCUT2D eigenvalue weighted by Gasteiger charge is -2.18. The zero-order valence-corrected chi connectivity index (χ0v) is 18.2. The Bertz CT molecular complexity index is 478. The number of guanidine groups is 1. The highest BCUT2D eigenvalue weighted by Crippen LogP contribution is 2.12. The zero-order valence-electron chi connectivity index (χ0n) is 15.8. The van der Waals surface area contributed by atoms with Crippen LogP contribution in [0.4, 0.5) is 0 Å². The van der Waals surface area contributed by atoms with E-state index < -0.39 is 0 Å². The van der Waals surface area contributed by atoms with E-state index in [0.29, 0.717) is 25.7 Å². The number of hydrogen-bond donors (Lipinski definition) is 2. The summed E-state index contributed by atoms with van der Waals surface area (Å²) < 4.78 is 10.8. The van der Waals surface area contributed by atoms with Crippen molar-refractivity contribution in [1.82, 2.24) is 10.2 Å². The van der Waals surface area contributed by atoms with Crippen LogP contribution in [0.3, 0.4) is 0 Å². The second-order valence-corrected chi connectivity index (χ2v) is 5.72. The normalized spacial score (nSPS) is 12.6. The largest absolute Gasteiger partial charge is 0.492 e. The van der Waals surface area contributed by atoms with Gasteiger partial charge in [0.1, 0.15) is 12.4 Å². The fraction of sp³-hybridized carbons (Fsp3) is 0.611. The number of nitrogens with zero attached hydrogens (tertiary/aromatic N) is 2. The Morgan fingerprint density at radius 3 is 2.44 bits per heavy atom. The number of halogens is 1. The summed E-state index contributed by atoms with van der Waals surface area (Å²) in [5.74, 6) is 1.31. The van der Waals surface area contributed by atoms with Crippen LogP contribution in [0, 0.1) is 0 Å². The number of methoxy groups -OCH3 is 1. The molecule has 25 heavy (non-hydrogen) atoms. The van der Waals surface area contributed by atoms with E-state index >= 15 is 0 Å². The van der Waals surface area contributed by atoms with E-state index in [1.54, 1.807) is 7.11 Å². The molecule has 0 spiro atoms. The van der Waals surface area contributed by atoms with E-state index in [4.69, 9.17) is 15.2 Å². The van der Waals surface area contributed by atoms with Gasteiger partial charge < -0.3 is 25.4 Å². The van der Waals surface area contributed by atoms with Gasteiger partial charge in [0, 0.05) is 19.7 Å². The van der Waals surface area contributed by atoms with Crippen LogP contribution < -0.4 is 15.8 Å². The molecule has 0 fully saturated rings. The van der Waals surface area contributed by atoms with Crippen LogP contribution in [0.15, 0.2) is 29.3 Å². The number of aliphatic imine (C=N–C) groups is 1. The quantitative estimate of drug-likeness (QED) is 0.299. The molecule has 1 atom stereocenters. The van der Waals surface area contributed by atoms with Gasteiger partial charge in [-0.1, -0.05) is 26.0 Å². The van der Waals surface area contributed by atoms with Crippen molar-refractivity contribution in [1.29, 1.82) is 0 Å². The summed E-state index contributed by atoms with van der Waals surface area (Å²) in [6.45, 7) is 11.2. The monoisotopic (exact) mass is 464 g/mol. The molecule has 6 nitrogen and oxygen atoms in total. The maximum Gasteiger partial charge on any atom is 0.189 e. The third-order valence-electron chi connectivity index (χ3n) is 3.74. The molecule has 0 aliphatic heterocycles. The first-order valence-corrected chi connectivity index (χ1v) is 8.58. The standard InChI is InChI=1S/C18H32N4O2.HI/c1-5-22(6-2)11-12-24-17-9-7-16(8-10-17)13-20-18(19)21-15(3)14-23-4;/h7-10,15H,5-6,11-14H2,1-4H3,(H3,19,20,21);1H. The van der Waals surface area contributed by atoms with Crippen LogP contribution in [0.1, 0.15) is 26.3 Å². The summed E-state index contributed by atoms with van der Waals surface area (Å²) in [6.07, 6.45) is 0. The summed E-state index contributed by atoms with van der Waals surface area (Å²) in [7, 11) is 1.66. The van der Waals surface area contributed by atoms with Crippen molar-refractivity contribution in [3.8, 4) is 5.75 Å². The summed E-state index contributed by atoms with van der Waals surface area (Å²) >= 11 is 0. The van der Waals surface area contributed by atoms with Crippen LogP contribution in [0.25, 0.3) is 0 Å². The van der Waals surface area contributed by atoms with E-state index in [1.165, 1.54) is 0 Å². The molecule has 3 N–H and O–H groups in total. The van der Waals surface area contributed by atoms with Gasteiger partial charge in [-0.2, -0.15) is 0 Å². The van der Waals surface area contributed by atoms with Gasteiger partial charge in [0.15, 0.2) is 5.96 Å². The Hall–Kier alpha value is -1.06. The molecule has 0 saturated heterocycles. The molecule has 1 rings (SSSR count). The molecule has 1 unspecified atom stereocenters. The highest BCUT2D eigenvalue weighted by atomic mass is 127. The summed E-state index contributed by atoms with van der Waals surface area (Å²) in [5.41, 5.74) is 6.95. The first-order chi connectivity index (χ1) is 11.6. The van der Waals surface area contributed by atoms with Crippen molar-refractivity contribution >= 4 is 29.9 Å². The Morgan fingerprint density at radius 2 is 1.88 bits per heavy atom. The smallest absolute Gasteiger partial charge is 0.189 e. The Labute approximate surface area is 169 Å². The van der Waals surface area contributed by atoms with E-state index in [9.17, 15) is 0 Å². The summed E-state index contributed by atoms with van der Waals surface area (Å²) in [6, 6.07) is 8.12. The highest BCUT2D eigenvalue weighted by molar-refractivity contribution is 14.0. The molecule has 0 radical (unpaired) electrons. The molecule has 0 aliphatic rings. The Balaban J connectivity index is 0.00000576. The zero-order chi connectivity index (χ0) is 17.8. The average molecular weight is 464 g/mol. The molecular weight excluding hydrogens is 431 g/mol. The molecule has 144 valence electrons. The second kappa shape index (κ2) is 14.1. The maximum atomic E-state index is 5.86. The predicted molar refractivity (Wildman–Crippen MR) is 115 cm³/mol. The maximum absolute atomic E-state index is 5.86. The number of nitrogens with one attached hydrogen (secondary N) is 1. The van der Waals surface area contributed by atoms with Crippen LogP contribution in [0.5, 0.6) is 5.75 Å². The molecule has 7 heteroatoms. The second-order valence-electron chi connectivity index (χ2n) is 5.72. The number of likely N-dealkylation sites (N-methyl/N-ethyl adjacent to an activating group) is 1. The molecular formula is C18H33IN4O2. The molecule has 0 saturated carbocycles. The first kappa shape index (κ1) is 23.9. The third kappa shape index (κ3) is 10.5. The molecule has 0 heterocycles. The minimum Gasteiger partial charge on any atom is -0.492 e. The van der Waals surface area contributed by atoms with Gasteiger partial charge in [-0.05, 0) is 37.7 Å². The van der Waals surface area contributed by atoms with Crippen molar-refractivity contribution in [2.45, 2.75) is 33.4 Å². The van der Waals surface area contributed by atoms with Gasteiger partial charge >= 0.3 is 0 Å². The SMILES string of the molecule is CCN(CC)CCOc1ccc(CN=C(N)NC(C)COC)cc1.I. The first-order valence-electron chi connectivity index (χ1n) is 8.58. The average Bonchev–Trinajstić information content (AvgIpc) is 2.58. The lowest BCUT2D eigenvalue weighted by atomic mass is 10.2. The van der Waals surface area contributed by atoms with Gasteiger partial charge in [-0.15, -0.1) is 24.0 Å². The Kier molecular flexibility index (Phi) is 13.5. The van der Waals surface area contributed by atoms with Gasteiger partial charge in [-0.25, -0.2) is 4.99 Å². The number of benzene rings is 1. The minimum absolute atomic E-state index is 0. The van der Waals surface area contributed by atoms with Crippen LogP contribution >= 0.6 is 24.0 Å². The van der Waals surface area contributed by atoms with Crippen LogP contribution in [0.2, 0.25) is 0 Å². The summed E-state index contributed by atoms with van der Waals surface area (Å²) in [5, 5.41) is 3.09. The summed E-state index contributed by atoms with van der Waals surface area (Å²) in [4.78, 5) is 6.67. The van der Waals surface area contributed by atoms with E-state index in [-0.39, 0.29) is 30.0 Å². The van der Waals surface area contributed by atoms with Gasteiger partial charge in [0.25, 0.3) is 0 Å². The predicted octanol–water partition coefficient (Wildman–Crippen LogP) is 2.46. The van der Waals surface area contributed by atoms with Gasteiger partial charge in [0.2, 0.25) is 0 Å². The fourth-order valence-corrected chi connectivity index (χ4v) is 2.29.